The van der Waals surface area contributed by atoms with Crippen molar-refractivity contribution in [3.63, 3.8) is 0 Å². The minimum Gasteiger partial charge on any atom is -0.496 e. The molecule has 0 aliphatic carbocycles. The van der Waals surface area contributed by atoms with Gasteiger partial charge >= 0.3 is 0 Å². The molecule has 0 amide bonds. The van der Waals surface area contributed by atoms with Gasteiger partial charge in [-0.15, -0.1) is 0 Å². The van der Waals surface area contributed by atoms with Crippen LogP contribution in [0.5, 0.6) is 5.75 Å². The predicted octanol–water partition coefficient (Wildman–Crippen LogP) is 3.87. The zero-order valence-electron chi connectivity index (χ0n) is 13.5. The van der Waals surface area contributed by atoms with Crippen molar-refractivity contribution in [2.45, 2.75) is 40.3 Å². The molecule has 0 radical (unpaired) electrons. The maximum Gasteiger partial charge on any atom is 0.129 e. The average molecular weight is 284 g/mol. The summed E-state index contributed by atoms with van der Waals surface area (Å²) in [5, 5.41) is 3.42. The first-order valence-corrected chi connectivity index (χ1v) is 7.34. The first-order chi connectivity index (χ1) is 10.0. The molecule has 0 saturated heterocycles. The minimum atomic E-state index is 0.463. The monoisotopic (exact) mass is 284 g/mol. The van der Waals surface area contributed by atoms with Crippen LogP contribution in [-0.2, 0) is 6.54 Å². The Kier molecular flexibility index (Phi) is 4.97. The largest absolute Gasteiger partial charge is 0.496 e. The van der Waals surface area contributed by atoms with E-state index in [9.17, 15) is 0 Å². The second kappa shape index (κ2) is 6.72. The van der Waals surface area contributed by atoms with Gasteiger partial charge in [-0.1, -0.05) is 26.0 Å². The van der Waals surface area contributed by atoms with Crippen LogP contribution < -0.4 is 10.1 Å². The highest BCUT2D eigenvalue weighted by molar-refractivity contribution is 5.72. The quantitative estimate of drug-likeness (QED) is 0.905. The van der Waals surface area contributed by atoms with Gasteiger partial charge in [0.1, 0.15) is 5.75 Å². The smallest absolute Gasteiger partial charge is 0.129 e. The number of hydrogen-bond acceptors (Lipinski definition) is 3. The summed E-state index contributed by atoms with van der Waals surface area (Å²) in [5.74, 6) is 0.936. The van der Waals surface area contributed by atoms with Crippen LogP contribution in [0, 0.1) is 13.8 Å². The van der Waals surface area contributed by atoms with Gasteiger partial charge in [0.25, 0.3) is 0 Å². The fourth-order valence-electron chi connectivity index (χ4n) is 2.33. The zero-order chi connectivity index (χ0) is 15.4. The first kappa shape index (κ1) is 15.5. The van der Waals surface area contributed by atoms with Crippen LogP contribution in [0.25, 0.3) is 11.1 Å². The van der Waals surface area contributed by atoms with Crippen LogP contribution in [0.1, 0.15) is 30.5 Å². The molecule has 112 valence electrons. The van der Waals surface area contributed by atoms with Crippen molar-refractivity contribution in [2.75, 3.05) is 7.11 Å². The number of aryl methyl sites for hydroxylation is 1. The second-order valence-corrected chi connectivity index (χ2v) is 5.71. The lowest BCUT2D eigenvalue weighted by Gasteiger charge is -2.14. The van der Waals surface area contributed by atoms with Gasteiger partial charge in [0.15, 0.2) is 0 Å². The molecule has 0 fully saturated rings. The van der Waals surface area contributed by atoms with Gasteiger partial charge in [0, 0.05) is 36.1 Å². The molecule has 0 saturated carbocycles. The summed E-state index contributed by atoms with van der Waals surface area (Å²) in [6.45, 7) is 9.30. The normalized spacial score (nSPS) is 11.0. The van der Waals surface area contributed by atoms with E-state index >= 15 is 0 Å². The van der Waals surface area contributed by atoms with Gasteiger partial charge in [-0.2, -0.15) is 0 Å². The van der Waals surface area contributed by atoms with Crippen molar-refractivity contribution in [1.82, 2.24) is 10.3 Å². The lowest BCUT2D eigenvalue weighted by molar-refractivity contribution is 0.413. The molecular weight excluding hydrogens is 260 g/mol. The van der Waals surface area contributed by atoms with Crippen molar-refractivity contribution in [2.24, 2.45) is 0 Å². The van der Waals surface area contributed by atoms with E-state index in [0.717, 1.165) is 23.4 Å². The summed E-state index contributed by atoms with van der Waals surface area (Å²) in [6.07, 6.45) is 3.80. The lowest BCUT2D eigenvalue weighted by atomic mass is 9.99. The number of nitrogens with one attached hydrogen (secondary N) is 1. The molecule has 0 bridgehead atoms. The molecule has 1 aromatic heterocycles. The van der Waals surface area contributed by atoms with E-state index < -0.39 is 0 Å². The molecule has 0 spiro atoms. The van der Waals surface area contributed by atoms with Crippen LogP contribution in [0.3, 0.4) is 0 Å². The molecule has 21 heavy (non-hydrogen) atoms. The van der Waals surface area contributed by atoms with Gasteiger partial charge in [-0.25, -0.2) is 0 Å². The van der Waals surface area contributed by atoms with Crippen LogP contribution in [-0.4, -0.2) is 18.1 Å². The molecule has 1 heterocycles. The third kappa shape index (κ3) is 3.61. The van der Waals surface area contributed by atoms with Gasteiger partial charge in [-0.3, -0.25) is 4.98 Å². The number of rotatable bonds is 5. The van der Waals surface area contributed by atoms with E-state index in [4.69, 9.17) is 4.74 Å². The van der Waals surface area contributed by atoms with Crippen molar-refractivity contribution in [3.8, 4) is 16.9 Å². The Bertz CT molecular complexity index is 621. The van der Waals surface area contributed by atoms with Crippen LogP contribution >= 0.6 is 0 Å². The highest BCUT2D eigenvalue weighted by Crippen LogP contribution is 2.34. The number of ether oxygens (including phenoxy) is 1. The topological polar surface area (TPSA) is 34.1 Å². The highest BCUT2D eigenvalue weighted by Gasteiger charge is 2.11. The van der Waals surface area contributed by atoms with Gasteiger partial charge in [0.2, 0.25) is 0 Å². The Morgan fingerprint density at radius 1 is 1.19 bits per heavy atom. The summed E-state index contributed by atoms with van der Waals surface area (Å²) in [6, 6.07) is 6.88. The van der Waals surface area contributed by atoms with E-state index in [0.29, 0.717) is 6.04 Å². The Morgan fingerprint density at radius 2 is 1.95 bits per heavy atom. The lowest BCUT2D eigenvalue weighted by Crippen LogP contribution is -2.21. The fourth-order valence-corrected chi connectivity index (χ4v) is 2.33. The minimum absolute atomic E-state index is 0.463. The van der Waals surface area contributed by atoms with Crippen molar-refractivity contribution < 1.29 is 4.74 Å². The molecule has 0 aliphatic rings. The SMILES string of the molecule is COc1c(-c2cncc(CNC(C)C)c2)ccc(C)c1C. The van der Waals surface area contributed by atoms with Crippen LogP contribution in [0.4, 0.5) is 0 Å². The highest BCUT2D eigenvalue weighted by atomic mass is 16.5. The number of methoxy groups -OCH3 is 1. The molecule has 2 aromatic rings. The maximum absolute atomic E-state index is 5.61. The van der Waals surface area contributed by atoms with Crippen molar-refractivity contribution >= 4 is 0 Å². The summed E-state index contributed by atoms with van der Waals surface area (Å²) < 4.78 is 5.61. The second-order valence-electron chi connectivity index (χ2n) is 5.71. The third-order valence-corrected chi connectivity index (χ3v) is 3.70. The van der Waals surface area contributed by atoms with E-state index in [2.05, 4.69) is 56.2 Å². The summed E-state index contributed by atoms with van der Waals surface area (Å²) in [5.41, 5.74) is 5.79. The number of nitrogens with zero attached hydrogens (tertiary/aromatic N) is 1. The first-order valence-electron chi connectivity index (χ1n) is 7.34. The molecule has 1 aromatic carbocycles. The third-order valence-electron chi connectivity index (χ3n) is 3.70. The number of pyridine rings is 1. The standard InChI is InChI=1S/C18H24N2O/c1-12(2)20-10-15-8-16(11-19-9-15)17-7-6-13(3)14(4)18(17)21-5/h6-9,11-12,20H,10H2,1-5H3. The molecule has 3 heteroatoms. The Morgan fingerprint density at radius 3 is 2.62 bits per heavy atom. The summed E-state index contributed by atoms with van der Waals surface area (Å²) in [4.78, 5) is 4.37. The molecule has 0 atom stereocenters. The zero-order valence-corrected chi connectivity index (χ0v) is 13.5. The van der Waals surface area contributed by atoms with Crippen molar-refractivity contribution in [1.29, 1.82) is 0 Å². The number of hydrogen-bond donors (Lipinski definition) is 1. The van der Waals surface area contributed by atoms with Gasteiger partial charge in [-0.05, 0) is 36.6 Å². The average Bonchev–Trinajstić information content (AvgIpc) is 2.48. The maximum atomic E-state index is 5.61. The Hall–Kier alpha value is -1.87. The summed E-state index contributed by atoms with van der Waals surface area (Å²) >= 11 is 0. The number of aromatic nitrogens is 1. The van der Waals surface area contributed by atoms with Crippen LogP contribution in [0.2, 0.25) is 0 Å². The van der Waals surface area contributed by atoms with E-state index in [-0.39, 0.29) is 0 Å². The molecule has 0 unspecified atom stereocenters. The molecule has 3 nitrogen and oxygen atoms in total. The fraction of sp³-hybridized carbons (Fsp3) is 0.389. The number of benzene rings is 1. The Labute approximate surface area is 127 Å². The van der Waals surface area contributed by atoms with E-state index in [1.54, 1.807) is 7.11 Å². The van der Waals surface area contributed by atoms with Crippen molar-refractivity contribution in [3.05, 3.63) is 47.3 Å². The van der Waals surface area contributed by atoms with E-state index in [1.165, 1.54) is 16.7 Å². The van der Waals surface area contributed by atoms with Gasteiger partial charge < -0.3 is 10.1 Å². The molecular formula is C18H24N2O. The summed E-state index contributed by atoms with van der Waals surface area (Å²) in [7, 11) is 1.73. The Balaban J connectivity index is 2.38. The van der Waals surface area contributed by atoms with Gasteiger partial charge in [0.05, 0.1) is 7.11 Å². The molecule has 1 N–H and O–H groups in total. The molecule has 0 aliphatic heterocycles. The van der Waals surface area contributed by atoms with E-state index in [1.807, 2.05) is 12.4 Å². The van der Waals surface area contributed by atoms with Crippen LogP contribution in [0.15, 0.2) is 30.6 Å². The predicted molar refractivity (Wildman–Crippen MR) is 87.7 cm³/mol. The molecule has 2 rings (SSSR count).